The van der Waals surface area contributed by atoms with Crippen LogP contribution in [0.25, 0.3) is 6.08 Å². The minimum atomic E-state index is -3.78. The van der Waals surface area contributed by atoms with Crippen molar-refractivity contribution in [3.63, 3.8) is 0 Å². The minimum Gasteiger partial charge on any atom is -0.494 e. The first-order valence-electron chi connectivity index (χ1n) is 10.1. The Morgan fingerprint density at radius 3 is 2.45 bits per heavy atom. The summed E-state index contributed by atoms with van der Waals surface area (Å²) in [6, 6.07) is 15.9. The topological polar surface area (TPSA) is 75.7 Å². The van der Waals surface area contributed by atoms with Gasteiger partial charge in [-0.2, -0.15) is 16.5 Å². The van der Waals surface area contributed by atoms with Crippen molar-refractivity contribution >= 4 is 33.8 Å². The van der Waals surface area contributed by atoms with Crippen LogP contribution in [0.2, 0.25) is 0 Å². The van der Waals surface area contributed by atoms with Crippen LogP contribution in [0.4, 0.5) is 0 Å². The zero-order chi connectivity index (χ0) is 22.7. The highest BCUT2D eigenvalue weighted by molar-refractivity contribution is 7.98. The summed E-state index contributed by atoms with van der Waals surface area (Å²) in [7, 11) is -2.10. The second kappa shape index (κ2) is 12.5. The molecule has 2 aromatic carbocycles. The smallest absolute Gasteiger partial charge is 0.240 e. The molecule has 0 fully saturated rings. The Kier molecular flexibility index (Phi) is 10.1. The van der Waals surface area contributed by atoms with Crippen LogP contribution in [0.15, 0.2) is 60.0 Å². The van der Waals surface area contributed by atoms with E-state index in [1.165, 1.54) is 6.08 Å². The van der Waals surface area contributed by atoms with E-state index in [4.69, 9.17) is 4.74 Å². The predicted molar refractivity (Wildman–Crippen MR) is 128 cm³/mol. The number of thioether (sulfide) groups is 1. The van der Waals surface area contributed by atoms with Crippen molar-refractivity contribution in [2.75, 3.05) is 25.7 Å². The molecule has 0 radical (unpaired) electrons. The van der Waals surface area contributed by atoms with Gasteiger partial charge in [-0.15, -0.1) is 0 Å². The Hall–Kier alpha value is -2.29. The monoisotopic (exact) mass is 462 g/mol. The molecule has 2 aromatic rings. The number of benzene rings is 2. The van der Waals surface area contributed by atoms with Gasteiger partial charge in [0.1, 0.15) is 11.8 Å². The number of hydrogen-bond donors (Lipinski definition) is 1. The molecule has 0 heterocycles. The lowest BCUT2D eigenvalue weighted by molar-refractivity contribution is -0.132. The van der Waals surface area contributed by atoms with Gasteiger partial charge in [0, 0.05) is 19.0 Å². The number of carbonyl (C=O) groups excluding carboxylic acids is 1. The number of nitrogens with zero attached hydrogens (tertiary/aromatic N) is 1. The number of rotatable bonds is 12. The molecule has 0 aliphatic carbocycles. The van der Waals surface area contributed by atoms with Gasteiger partial charge in [0.25, 0.3) is 0 Å². The van der Waals surface area contributed by atoms with Gasteiger partial charge in [0.05, 0.1) is 6.61 Å². The SMILES string of the molecule is CCOc1ccc(CN(C)C(=O)C(CCSC)NS(=O)(=O)/C=C/c2ccccc2)cc1. The van der Waals surface area contributed by atoms with E-state index in [-0.39, 0.29) is 5.91 Å². The van der Waals surface area contributed by atoms with E-state index in [0.29, 0.717) is 25.3 Å². The van der Waals surface area contributed by atoms with Crippen LogP contribution >= 0.6 is 11.8 Å². The summed E-state index contributed by atoms with van der Waals surface area (Å²) in [5.41, 5.74) is 1.71. The van der Waals surface area contributed by atoms with Crippen molar-refractivity contribution in [1.82, 2.24) is 9.62 Å². The molecule has 168 valence electrons. The number of likely N-dealkylation sites (N-methyl/N-ethyl adjacent to an activating group) is 1. The highest BCUT2D eigenvalue weighted by Crippen LogP contribution is 2.15. The highest BCUT2D eigenvalue weighted by atomic mass is 32.2. The standard InChI is InChI=1S/C23H30N2O4S2/c1-4-29-21-12-10-20(11-13-21)18-25(2)23(26)22(14-16-30-3)24-31(27,28)17-15-19-8-6-5-7-9-19/h5-13,15,17,22,24H,4,14,16,18H2,1-3H3/b17-15+. The van der Waals surface area contributed by atoms with Gasteiger partial charge < -0.3 is 9.64 Å². The first kappa shape index (κ1) is 25.0. The average molecular weight is 463 g/mol. The van der Waals surface area contributed by atoms with Crippen molar-refractivity contribution in [2.24, 2.45) is 0 Å². The molecule has 2 rings (SSSR count). The quantitative estimate of drug-likeness (QED) is 0.520. The molecule has 0 bridgehead atoms. The van der Waals surface area contributed by atoms with Crippen LogP contribution < -0.4 is 9.46 Å². The Morgan fingerprint density at radius 1 is 1.16 bits per heavy atom. The normalized spacial score (nSPS) is 12.6. The minimum absolute atomic E-state index is 0.264. The Labute approximate surface area is 189 Å². The van der Waals surface area contributed by atoms with E-state index < -0.39 is 16.1 Å². The van der Waals surface area contributed by atoms with Crippen molar-refractivity contribution in [3.05, 3.63) is 71.1 Å². The number of amides is 1. The molecule has 1 N–H and O–H groups in total. The van der Waals surface area contributed by atoms with Crippen molar-refractivity contribution < 1.29 is 17.9 Å². The summed E-state index contributed by atoms with van der Waals surface area (Å²) in [6.07, 6.45) is 3.85. The summed E-state index contributed by atoms with van der Waals surface area (Å²) in [6.45, 7) is 2.89. The molecular weight excluding hydrogens is 432 g/mol. The zero-order valence-corrected chi connectivity index (χ0v) is 19.8. The third-order valence-electron chi connectivity index (χ3n) is 4.48. The largest absolute Gasteiger partial charge is 0.494 e. The lowest BCUT2D eigenvalue weighted by atomic mass is 10.1. The number of nitrogens with one attached hydrogen (secondary N) is 1. The fourth-order valence-electron chi connectivity index (χ4n) is 2.91. The van der Waals surface area contributed by atoms with E-state index >= 15 is 0 Å². The maximum atomic E-state index is 13.0. The van der Waals surface area contributed by atoms with E-state index in [2.05, 4.69) is 4.72 Å². The Balaban J connectivity index is 2.06. The van der Waals surface area contributed by atoms with Gasteiger partial charge >= 0.3 is 0 Å². The summed E-state index contributed by atoms with van der Waals surface area (Å²) in [4.78, 5) is 14.6. The van der Waals surface area contributed by atoms with Crippen molar-refractivity contribution in [3.8, 4) is 5.75 Å². The van der Waals surface area contributed by atoms with E-state index in [0.717, 1.165) is 22.3 Å². The molecule has 1 amide bonds. The van der Waals surface area contributed by atoms with Gasteiger partial charge in [-0.1, -0.05) is 42.5 Å². The molecular formula is C23H30N2O4S2. The molecule has 8 heteroatoms. The fourth-order valence-corrected chi connectivity index (χ4v) is 4.42. The molecule has 0 saturated carbocycles. The molecule has 6 nitrogen and oxygen atoms in total. The lowest BCUT2D eigenvalue weighted by Crippen LogP contribution is -2.46. The third-order valence-corrected chi connectivity index (χ3v) is 6.24. The van der Waals surface area contributed by atoms with Crippen LogP contribution in [0.3, 0.4) is 0 Å². The van der Waals surface area contributed by atoms with Crippen LogP contribution in [0, 0.1) is 0 Å². The van der Waals surface area contributed by atoms with Gasteiger partial charge in [-0.25, -0.2) is 8.42 Å². The molecule has 31 heavy (non-hydrogen) atoms. The molecule has 0 spiro atoms. The van der Waals surface area contributed by atoms with Crippen LogP contribution in [0.1, 0.15) is 24.5 Å². The molecule has 0 aliphatic rings. The summed E-state index contributed by atoms with van der Waals surface area (Å²) < 4.78 is 33.1. The van der Waals surface area contributed by atoms with Crippen LogP contribution in [-0.4, -0.2) is 50.9 Å². The second-order valence-corrected chi connectivity index (χ2v) is 9.57. The number of carbonyl (C=O) groups is 1. The zero-order valence-electron chi connectivity index (χ0n) is 18.2. The maximum absolute atomic E-state index is 13.0. The van der Waals surface area contributed by atoms with E-state index in [9.17, 15) is 13.2 Å². The van der Waals surface area contributed by atoms with Gasteiger partial charge in [-0.3, -0.25) is 4.79 Å². The van der Waals surface area contributed by atoms with E-state index in [1.54, 1.807) is 23.7 Å². The van der Waals surface area contributed by atoms with Crippen molar-refractivity contribution in [1.29, 1.82) is 0 Å². The number of sulfonamides is 1. The molecule has 0 aromatic heterocycles. The Morgan fingerprint density at radius 2 is 1.84 bits per heavy atom. The summed E-state index contributed by atoms with van der Waals surface area (Å²) >= 11 is 1.57. The average Bonchev–Trinajstić information content (AvgIpc) is 2.77. The van der Waals surface area contributed by atoms with Crippen molar-refractivity contribution in [2.45, 2.75) is 25.9 Å². The first-order chi connectivity index (χ1) is 14.8. The third kappa shape index (κ3) is 8.77. The molecule has 0 saturated heterocycles. The molecule has 0 aliphatic heterocycles. The van der Waals surface area contributed by atoms with Gasteiger partial charge in [-0.05, 0) is 54.7 Å². The van der Waals surface area contributed by atoms with Crippen LogP contribution in [0.5, 0.6) is 5.75 Å². The number of ether oxygens (including phenoxy) is 1. The molecule has 1 unspecified atom stereocenters. The fraction of sp³-hybridized carbons (Fsp3) is 0.348. The summed E-state index contributed by atoms with van der Waals surface area (Å²) in [5, 5.41) is 1.11. The predicted octanol–water partition coefficient (Wildman–Crippen LogP) is 3.76. The van der Waals surface area contributed by atoms with Gasteiger partial charge in [0.2, 0.25) is 15.9 Å². The molecule has 1 atom stereocenters. The lowest BCUT2D eigenvalue weighted by Gasteiger charge is -2.24. The first-order valence-corrected chi connectivity index (χ1v) is 13.0. The van der Waals surface area contributed by atoms with E-state index in [1.807, 2.05) is 67.8 Å². The maximum Gasteiger partial charge on any atom is 0.240 e. The number of hydrogen-bond acceptors (Lipinski definition) is 5. The van der Waals surface area contributed by atoms with Gasteiger partial charge in [0.15, 0.2) is 0 Å². The Bertz CT molecular complexity index is 945. The second-order valence-electron chi connectivity index (χ2n) is 6.98. The highest BCUT2D eigenvalue weighted by Gasteiger charge is 2.25. The summed E-state index contributed by atoms with van der Waals surface area (Å²) in [5.74, 6) is 1.17. The van der Waals surface area contributed by atoms with Crippen LogP contribution in [-0.2, 0) is 21.4 Å².